The van der Waals surface area contributed by atoms with E-state index in [9.17, 15) is 14.7 Å². The average molecular weight is 338 g/mol. The maximum absolute atomic E-state index is 11.6. The van der Waals surface area contributed by atoms with Crippen LogP contribution < -0.4 is 10.6 Å². The Labute approximate surface area is 137 Å². The highest BCUT2D eigenvalue weighted by Crippen LogP contribution is 2.29. The lowest BCUT2D eigenvalue weighted by Crippen LogP contribution is -2.39. The van der Waals surface area contributed by atoms with Crippen molar-refractivity contribution in [3.63, 3.8) is 0 Å². The van der Waals surface area contributed by atoms with Crippen molar-refractivity contribution in [3.8, 4) is 0 Å². The molecule has 0 aliphatic rings. The summed E-state index contributed by atoms with van der Waals surface area (Å²) in [6.45, 7) is 2.69. The Morgan fingerprint density at radius 3 is 2.68 bits per heavy atom. The second-order valence-electron chi connectivity index (χ2n) is 4.70. The minimum absolute atomic E-state index is 0.277. The standard InChI is InChI=1S/C15H18N2O3S2/c1-2-6-16-14(19)15(20)17-8-11-3-4-12(22-11)13(18)10-5-7-21-9-10/h3-5,7,9,13,18H,2,6,8H2,1H3,(H,16,19)(H,17,20). The van der Waals surface area contributed by atoms with Gasteiger partial charge >= 0.3 is 11.8 Å². The van der Waals surface area contributed by atoms with Gasteiger partial charge in [-0.05, 0) is 40.9 Å². The van der Waals surface area contributed by atoms with Crippen molar-refractivity contribution in [2.24, 2.45) is 0 Å². The van der Waals surface area contributed by atoms with Gasteiger partial charge in [-0.1, -0.05) is 6.92 Å². The molecular formula is C15H18N2O3S2. The van der Waals surface area contributed by atoms with E-state index in [1.54, 1.807) is 0 Å². The Bertz CT molecular complexity index is 623. The van der Waals surface area contributed by atoms with Crippen LogP contribution in [0.3, 0.4) is 0 Å². The Balaban J connectivity index is 1.87. The quantitative estimate of drug-likeness (QED) is 0.705. The third-order valence-electron chi connectivity index (χ3n) is 2.98. The molecule has 118 valence electrons. The van der Waals surface area contributed by atoms with E-state index in [2.05, 4.69) is 10.6 Å². The van der Waals surface area contributed by atoms with Crippen LogP contribution in [-0.4, -0.2) is 23.5 Å². The number of thiophene rings is 2. The molecule has 2 rings (SSSR count). The van der Waals surface area contributed by atoms with Gasteiger partial charge in [-0.3, -0.25) is 9.59 Å². The molecule has 2 heterocycles. The predicted molar refractivity (Wildman–Crippen MR) is 87.8 cm³/mol. The fraction of sp³-hybridized carbons (Fsp3) is 0.333. The molecule has 0 aliphatic heterocycles. The minimum atomic E-state index is -0.645. The van der Waals surface area contributed by atoms with Crippen LogP contribution in [0.4, 0.5) is 0 Å². The summed E-state index contributed by atoms with van der Waals surface area (Å²) >= 11 is 2.96. The molecule has 22 heavy (non-hydrogen) atoms. The van der Waals surface area contributed by atoms with Crippen molar-refractivity contribution in [3.05, 3.63) is 44.3 Å². The van der Waals surface area contributed by atoms with Crippen molar-refractivity contribution in [2.45, 2.75) is 26.0 Å². The molecule has 0 saturated heterocycles. The lowest BCUT2D eigenvalue weighted by atomic mass is 10.2. The molecule has 7 heteroatoms. The van der Waals surface area contributed by atoms with Crippen LogP contribution in [0.1, 0.15) is 34.8 Å². The molecule has 0 radical (unpaired) electrons. The molecule has 0 aromatic carbocycles. The summed E-state index contributed by atoms with van der Waals surface area (Å²) in [5.41, 5.74) is 0.862. The summed E-state index contributed by atoms with van der Waals surface area (Å²) in [7, 11) is 0. The third kappa shape index (κ3) is 4.40. The molecule has 5 nitrogen and oxygen atoms in total. The zero-order chi connectivity index (χ0) is 15.9. The normalized spacial score (nSPS) is 11.9. The third-order valence-corrected chi connectivity index (χ3v) is 4.81. The summed E-state index contributed by atoms with van der Waals surface area (Å²) in [6.07, 6.45) is 0.141. The molecule has 1 unspecified atom stereocenters. The molecule has 2 aromatic rings. The lowest BCUT2D eigenvalue weighted by molar-refractivity contribution is -0.139. The summed E-state index contributed by atoms with van der Waals surface area (Å²) in [5, 5.41) is 19.1. The molecule has 2 amide bonds. The van der Waals surface area contributed by atoms with Crippen LogP contribution in [0.25, 0.3) is 0 Å². The number of hydrogen-bond donors (Lipinski definition) is 3. The van der Waals surface area contributed by atoms with Crippen molar-refractivity contribution in [1.29, 1.82) is 0 Å². The smallest absolute Gasteiger partial charge is 0.309 e. The van der Waals surface area contributed by atoms with Crippen LogP contribution >= 0.6 is 22.7 Å². The van der Waals surface area contributed by atoms with Crippen LogP contribution in [0.15, 0.2) is 29.0 Å². The van der Waals surface area contributed by atoms with Gasteiger partial charge in [-0.25, -0.2) is 0 Å². The number of carbonyl (C=O) groups is 2. The fourth-order valence-corrected chi connectivity index (χ4v) is 3.44. The minimum Gasteiger partial charge on any atom is -0.383 e. The number of rotatable bonds is 6. The second-order valence-corrected chi connectivity index (χ2v) is 6.68. The topological polar surface area (TPSA) is 78.4 Å². The van der Waals surface area contributed by atoms with Gasteiger partial charge in [0.05, 0.1) is 6.54 Å². The fourth-order valence-electron chi connectivity index (χ4n) is 1.80. The number of hydrogen-bond acceptors (Lipinski definition) is 5. The second kappa shape index (κ2) is 8.07. The van der Waals surface area contributed by atoms with Crippen LogP contribution in [-0.2, 0) is 16.1 Å². The van der Waals surface area contributed by atoms with Gasteiger partial charge < -0.3 is 15.7 Å². The number of aliphatic hydroxyl groups is 1. The van der Waals surface area contributed by atoms with Gasteiger partial charge in [0.15, 0.2) is 0 Å². The zero-order valence-corrected chi connectivity index (χ0v) is 13.8. The number of nitrogens with one attached hydrogen (secondary N) is 2. The number of aliphatic hydroxyl groups excluding tert-OH is 1. The maximum Gasteiger partial charge on any atom is 0.309 e. The SMILES string of the molecule is CCCNC(=O)C(=O)NCc1ccc(C(O)c2ccsc2)s1. The first-order chi connectivity index (χ1) is 10.6. The molecule has 2 aromatic heterocycles. The van der Waals surface area contributed by atoms with Crippen LogP contribution in [0, 0.1) is 0 Å². The van der Waals surface area contributed by atoms with E-state index in [0.717, 1.165) is 21.7 Å². The van der Waals surface area contributed by atoms with E-state index in [0.29, 0.717) is 6.54 Å². The molecular weight excluding hydrogens is 320 g/mol. The van der Waals surface area contributed by atoms with E-state index < -0.39 is 17.9 Å². The number of amides is 2. The molecule has 0 bridgehead atoms. The predicted octanol–water partition coefficient (Wildman–Crippen LogP) is 2.03. The first-order valence-corrected chi connectivity index (χ1v) is 8.72. The van der Waals surface area contributed by atoms with E-state index in [-0.39, 0.29) is 6.54 Å². The number of carbonyl (C=O) groups excluding carboxylic acids is 2. The van der Waals surface area contributed by atoms with E-state index in [1.165, 1.54) is 22.7 Å². The van der Waals surface area contributed by atoms with Gasteiger partial charge in [-0.2, -0.15) is 11.3 Å². The van der Waals surface area contributed by atoms with E-state index in [1.807, 2.05) is 35.9 Å². The van der Waals surface area contributed by atoms with Crippen LogP contribution in [0.2, 0.25) is 0 Å². The largest absolute Gasteiger partial charge is 0.383 e. The van der Waals surface area contributed by atoms with Crippen LogP contribution in [0.5, 0.6) is 0 Å². The summed E-state index contributed by atoms with van der Waals surface area (Å²) in [5.74, 6) is -1.25. The van der Waals surface area contributed by atoms with Gasteiger partial charge in [0.25, 0.3) is 0 Å². The molecule has 0 aliphatic carbocycles. The Kier molecular flexibility index (Phi) is 6.11. The highest BCUT2D eigenvalue weighted by molar-refractivity contribution is 7.12. The Hall–Kier alpha value is -1.70. The zero-order valence-electron chi connectivity index (χ0n) is 12.2. The van der Waals surface area contributed by atoms with Gasteiger partial charge in [0.1, 0.15) is 6.10 Å². The van der Waals surface area contributed by atoms with Crippen molar-refractivity contribution >= 4 is 34.5 Å². The monoisotopic (exact) mass is 338 g/mol. The summed E-state index contributed by atoms with van der Waals surface area (Å²) < 4.78 is 0. The van der Waals surface area contributed by atoms with Gasteiger partial charge in [0, 0.05) is 16.3 Å². The van der Waals surface area contributed by atoms with Gasteiger partial charge in [-0.15, -0.1) is 11.3 Å². The van der Waals surface area contributed by atoms with Crippen molar-refractivity contribution in [2.75, 3.05) is 6.54 Å². The lowest BCUT2D eigenvalue weighted by Gasteiger charge is -2.06. The molecule has 1 atom stereocenters. The molecule has 0 saturated carbocycles. The average Bonchev–Trinajstić information content (AvgIpc) is 3.20. The van der Waals surface area contributed by atoms with E-state index >= 15 is 0 Å². The summed E-state index contributed by atoms with van der Waals surface area (Å²) in [4.78, 5) is 24.7. The van der Waals surface area contributed by atoms with Crippen molar-refractivity contribution < 1.29 is 14.7 Å². The highest BCUT2D eigenvalue weighted by atomic mass is 32.1. The Morgan fingerprint density at radius 2 is 2.00 bits per heavy atom. The highest BCUT2D eigenvalue weighted by Gasteiger charge is 2.15. The van der Waals surface area contributed by atoms with Crippen molar-refractivity contribution in [1.82, 2.24) is 10.6 Å². The summed E-state index contributed by atoms with van der Waals surface area (Å²) in [6, 6.07) is 5.57. The van der Waals surface area contributed by atoms with E-state index in [4.69, 9.17) is 0 Å². The van der Waals surface area contributed by atoms with Gasteiger partial charge in [0.2, 0.25) is 0 Å². The maximum atomic E-state index is 11.6. The first-order valence-electron chi connectivity index (χ1n) is 6.96. The first kappa shape index (κ1) is 16.7. The molecule has 0 fully saturated rings. The Morgan fingerprint density at radius 1 is 1.23 bits per heavy atom. The molecule has 0 spiro atoms. The molecule has 3 N–H and O–H groups in total.